The quantitative estimate of drug-likeness (QED) is 0.717. The second-order valence-electron chi connectivity index (χ2n) is 6.98. The van der Waals surface area contributed by atoms with Gasteiger partial charge in [-0.05, 0) is 37.6 Å². The summed E-state index contributed by atoms with van der Waals surface area (Å²) in [5, 5.41) is 1.75. The minimum atomic E-state index is -0.807. The smallest absolute Gasteiger partial charge is 0.266 e. The molecular weight excluding hydrogens is 356 g/mol. The lowest BCUT2D eigenvalue weighted by Gasteiger charge is -2.28. The van der Waals surface area contributed by atoms with Gasteiger partial charge in [0.25, 0.3) is 5.91 Å². The van der Waals surface area contributed by atoms with E-state index >= 15 is 0 Å². The molecule has 0 radical (unpaired) electrons. The van der Waals surface area contributed by atoms with E-state index in [2.05, 4.69) is 6.92 Å². The number of carbonyl (C=O) groups excluding carboxylic acids is 2. The Morgan fingerprint density at radius 2 is 1.68 bits per heavy atom. The largest absolute Gasteiger partial charge is 0.492 e. The zero-order valence-electron chi connectivity index (χ0n) is 16.1. The molecule has 0 aromatic heterocycles. The van der Waals surface area contributed by atoms with E-state index in [1.807, 2.05) is 43.3 Å². The molecular formula is C22H24N2O4. The SMILES string of the molecule is CCC[C@@H]1[C@H]2C(=O)N(c3ccccc3OCC)C(=O)[C@@H]2ON1c1ccccc1. The third-order valence-electron chi connectivity index (χ3n) is 5.24. The van der Waals surface area contributed by atoms with Gasteiger partial charge in [0.2, 0.25) is 5.91 Å². The first-order valence-corrected chi connectivity index (χ1v) is 9.78. The summed E-state index contributed by atoms with van der Waals surface area (Å²) in [5.41, 5.74) is 1.34. The van der Waals surface area contributed by atoms with Crippen LogP contribution in [-0.4, -0.2) is 30.6 Å². The average molecular weight is 380 g/mol. The first-order valence-electron chi connectivity index (χ1n) is 9.78. The fourth-order valence-corrected chi connectivity index (χ4v) is 4.07. The topological polar surface area (TPSA) is 59.1 Å². The molecule has 6 heteroatoms. The summed E-state index contributed by atoms with van der Waals surface area (Å²) in [4.78, 5) is 33.8. The lowest BCUT2D eigenvalue weighted by atomic mass is 9.93. The molecule has 3 atom stereocenters. The van der Waals surface area contributed by atoms with E-state index in [9.17, 15) is 9.59 Å². The number of benzene rings is 2. The van der Waals surface area contributed by atoms with Crippen LogP contribution in [0.25, 0.3) is 0 Å². The summed E-state index contributed by atoms with van der Waals surface area (Å²) < 4.78 is 5.64. The van der Waals surface area contributed by atoms with E-state index in [0.29, 0.717) is 18.0 Å². The van der Waals surface area contributed by atoms with Crippen molar-refractivity contribution in [3.8, 4) is 5.75 Å². The Hall–Kier alpha value is -2.86. The molecule has 146 valence electrons. The van der Waals surface area contributed by atoms with Crippen molar-refractivity contribution in [2.45, 2.75) is 38.8 Å². The highest BCUT2D eigenvalue weighted by atomic mass is 16.7. The molecule has 2 amide bonds. The lowest BCUT2D eigenvalue weighted by molar-refractivity contribution is -0.126. The normalized spacial score (nSPS) is 24.0. The van der Waals surface area contributed by atoms with Crippen molar-refractivity contribution < 1.29 is 19.2 Å². The zero-order valence-corrected chi connectivity index (χ0v) is 16.1. The maximum Gasteiger partial charge on any atom is 0.266 e. The van der Waals surface area contributed by atoms with Gasteiger partial charge in [-0.25, -0.2) is 9.96 Å². The van der Waals surface area contributed by atoms with E-state index in [1.165, 1.54) is 4.90 Å². The number of amides is 2. The average Bonchev–Trinajstić information content (AvgIpc) is 3.20. The summed E-state index contributed by atoms with van der Waals surface area (Å²) in [7, 11) is 0. The van der Waals surface area contributed by atoms with Crippen LogP contribution in [0, 0.1) is 5.92 Å². The molecule has 6 nitrogen and oxygen atoms in total. The van der Waals surface area contributed by atoms with Gasteiger partial charge in [0, 0.05) is 0 Å². The Balaban J connectivity index is 1.69. The van der Waals surface area contributed by atoms with Gasteiger partial charge in [0.15, 0.2) is 6.10 Å². The van der Waals surface area contributed by atoms with Gasteiger partial charge in [-0.1, -0.05) is 43.7 Å². The highest BCUT2D eigenvalue weighted by Crippen LogP contribution is 2.43. The zero-order chi connectivity index (χ0) is 19.7. The molecule has 2 saturated heterocycles. The molecule has 4 rings (SSSR count). The van der Waals surface area contributed by atoms with Gasteiger partial charge in [0.05, 0.1) is 29.9 Å². The summed E-state index contributed by atoms with van der Waals surface area (Å²) >= 11 is 0. The van der Waals surface area contributed by atoms with Crippen molar-refractivity contribution in [3.63, 3.8) is 0 Å². The van der Waals surface area contributed by atoms with E-state index < -0.39 is 12.0 Å². The first kappa shape index (κ1) is 18.5. The van der Waals surface area contributed by atoms with Crippen LogP contribution in [0.15, 0.2) is 54.6 Å². The number of ether oxygens (including phenoxy) is 1. The minimum absolute atomic E-state index is 0.182. The van der Waals surface area contributed by atoms with Crippen molar-refractivity contribution >= 4 is 23.2 Å². The van der Waals surface area contributed by atoms with Crippen LogP contribution >= 0.6 is 0 Å². The molecule has 2 aromatic rings. The van der Waals surface area contributed by atoms with Crippen LogP contribution in [0.3, 0.4) is 0 Å². The number of imide groups is 1. The van der Waals surface area contributed by atoms with Crippen LogP contribution < -0.4 is 14.7 Å². The Morgan fingerprint density at radius 1 is 0.964 bits per heavy atom. The fraction of sp³-hybridized carbons (Fsp3) is 0.364. The summed E-state index contributed by atoms with van der Waals surface area (Å²) in [6, 6.07) is 16.6. The fourth-order valence-electron chi connectivity index (χ4n) is 4.07. The van der Waals surface area contributed by atoms with Crippen molar-refractivity contribution in [2.75, 3.05) is 16.6 Å². The van der Waals surface area contributed by atoms with Crippen LogP contribution in [0.4, 0.5) is 11.4 Å². The third kappa shape index (κ3) is 2.94. The van der Waals surface area contributed by atoms with Crippen LogP contribution in [0.2, 0.25) is 0 Å². The van der Waals surface area contributed by atoms with E-state index in [1.54, 1.807) is 23.3 Å². The second kappa shape index (κ2) is 7.64. The Kier molecular flexibility index (Phi) is 5.05. The standard InChI is InChI=1S/C22H24N2O4/c1-3-10-17-19-20(28-24(17)15-11-6-5-7-12-15)22(26)23(21(19)25)16-13-8-9-14-18(16)27-4-2/h5-9,11-14,17,19-20H,3-4,10H2,1-2H3/t17-,19-,20-/m1/s1. The maximum absolute atomic E-state index is 13.4. The Labute approximate surface area is 164 Å². The van der Waals surface area contributed by atoms with Gasteiger partial charge in [0.1, 0.15) is 5.75 Å². The monoisotopic (exact) mass is 380 g/mol. The number of fused-ring (bicyclic) bond motifs is 1. The molecule has 2 fully saturated rings. The molecule has 28 heavy (non-hydrogen) atoms. The molecule has 0 aliphatic carbocycles. The van der Waals surface area contributed by atoms with E-state index in [4.69, 9.17) is 9.57 Å². The number of nitrogens with zero attached hydrogens (tertiary/aromatic N) is 2. The predicted molar refractivity (Wildman–Crippen MR) is 106 cm³/mol. The van der Waals surface area contributed by atoms with Crippen molar-refractivity contribution in [1.29, 1.82) is 0 Å². The Morgan fingerprint density at radius 3 is 2.39 bits per heavy atom. The van der Waals surface area contributed by atoms with Gasteiger partial charge >= 0.3 is 0 Å². The number of hydroxylamine groups is 1. The lowest BCUT2D eigenvalue weighted by Crippen LogP contribution is -2.40. The highest BCUT2D eigenvalue weighted by molar-refractivity contribution is 6.24. The van der Waals surface area contributed by atoms with Crippen LogP contribution in [-0.2, 0) is 14.4 Å². The number of para-hydroxylation sites is 3. The number of anilines is 2. The maximum atomic E-state index is 13.4. The van der Waals surface area contributed by atoms with E-state index in [-0.39, 0.29) is 17.9 Å². The molecule has 0 saturated carbocycles. The van der Waals surface area contributed by atoms with E-state index in [0.717, 1.165) is 18.5 Å². The highest BCUT2D eigenvalue weighted by Gasteiger charge is 2.59. The van der Waals surface area contributed by atoms with Gasteiger partial charge < -0.3 is 4.74 Å². The number of hydrogen-bond donors (Lipinski definition) is 0. The molecule has 2 aliphatic rings. The van der Waals surface area contributed by atoms with Gasteiger partial charge in [-0.2, -0.15) is 0 Å². The van der Waals surface area contributed by atoms with Crippen molar-refractivity contribution in [1.82, 2.24) is 0 Å². The van der Waals surface area contributed by atoms with Crippen molar-refractivity contribution in [3.05, 3.63) is 54.6 Å². The number of rotatable bonds is 6. The van der Waals surface area contributed by atoms with Crippen LogP contribution in [0.1, 0.15) is 26.7 Å². The predicted octanol–water partition coefficient (Wildman–Crippen LogP) is 3.56. The second-order valence-corrected chi connectivity index (χ2v) is 6.98. The van der Waals surface area contributed by atoms with Gasteiger partial charge in [-0.3, -0.25) is 14.4 Å². The first-order chi connectivity index (χ1) is 13.7. The molecule has 0 spiro atoms. The molecule has 0 N–H and O–H groups in total. The number of hydrogen-bond acceptors (Lipinski definition) is 5. The summed E-state index contributed by atoms with van der Waals surface area (Å²) in [6.45, 7) is 4.40. The molecule has 2 aliphatic heterocycles. The summed E-state index contributed by atoms with van der Waals surface area (Å²) in [5.74, 6) is -0.554. The van der Waals surface area contributed by atoms with Crippen LogP contribution in [0.5, 0.6) is 5.75 Å². The summed E-state index contributed by atoms with van der Waals surface area (Å²) in [6.07, 6.45) is 0.840. The third-order valence-corrected chi connectivity index (χ3v) is 5.24. The Bertz CT molecular complexity index is 870. The minimum Gasteiger partial charge on any atom is -0.492 e. The van der Waals surface area contributed by atoms with Gasteiger partial charge in [-0.15, -0.1) is 0 Å². The van der Waals surface area contributed by atoms with Crippen molar-refractivity contribution in [2.24, 2.45) is 5.92 Å². The molecule has 2 heterocycles. The molecule has 2 aromatic carbocycles. The molecule has 0 bridgehead atoms. The molecule has 0 unspecified atom stereocenters. The number of carbonyl (C=O) groups is 2.